The van der Waals surface area contributed by atoms with Crippen LogP contribution in [0.4, 0.5) is 19.0 Å². The standard InChI is InChI=1S/C7H8F3N3/c8-5-3(2-11)1-4(6(9)10)13-7(5)12/h1,6H,2,11H2,(H2,12,13). The fourth-order valence-corrected chi connectivity index (χ4v) is 0.887. The molecule has 1 aromatic rings. The molecule has 0 spiro atoms. The highest BCUT2D eigenvalue weighted by atomic mass is 19.3. The molecule has 1 aromatic heterocycles. The highest BCUT2D eigenvalue weighted by molar-refractivity contribution is 5.37. The van der Waals surface area contributed by atoms with Crippen molar-refractivity contribution in [2.75, 3.05) is 5.73 Å². The Labute approximate surface area is 72.6 Å². The lowest BCUT2D eigenvalue weighted by Crippen LogP contribution is -2.07. The van der Waals surface area contributed by atoms with Gasteiger partial charge in [-0.2, -0.15) is 0 Å². The van der Waals surface area contributed by atoms with Crippen molar-refractivity contribution in [3.05, 3.63) is 23.1 Å². The first-order chi connectivity index (χ1) is 6.06. The van der Waals surface area contributed by atoms with E-state index in [4.69, 9.17) is 11.5 Å². The Kier molecular flexibility index (Phi) is 2.72. The molecule has 0 unspecified atom stereocenters. The van der Waals surface area contributed by atoms with E-state index in [-0.39, 0.29) is 12.1 Å². The lowest BCUT2D eigenvalue weighted by molar-refractivity contribution is 0.146. The summed E-state index contributed by atoms with van der Waals surface area (Å²) in [5.41, 5.74) is 9.57. The predicted octanol–water partition coefficient (Wildman–Crippen LogP) is 1.20. The number of pyridine rings is 1. The molecular formula is C7H8F3N3. The smallest absolute Gasteiger partial charge is 0.280 e. The molecule has 3 nitrogen and oxygen atoms in total. The maximum atomic E-state index is 12.9. The molecule has 1 heterocycles. The maximum Gasteiger partial charge on any atom is 0.280 e. The van der Waals surface area contributed by atoms with Crippen molar-refractivity contribution >= 4 is 5.82 Å². The van der Waals surface area contributed by atoms with E-state index in [9.17, 15) is 13.2 Å². The zero-order valence-electron chi connectivity index (χ0n) is 6.60. The third kappa shape index (κ3) is 1.89. The highest BCUT2D eigenvalue weighted by Gasteiger charge is 2.14. The predicted molar refractivity (Wildman–Crippen MR) is 41.5 cm³/mol. The number of aromatic nitrogens is 1. The molecule has 72 valence electrons. The van der Waals surface area contributed by atoms with Crippen molar-refractivity contribution in [1.29, 1.82) is 0 Å². The Hall–Kier alpha value is -1.30. The minimum atomic E-state index is -2.77. The number of hydrogen-bond acceptors (Lipinski definition) is 3. The van der Waals surface area contributed by atoms with Crippen LogP contribution in [0.1, 0.15) is 17.7 Å². The van der Waals surface area contributed by atoms with Crippen molar-refractivity contribution in [1.82, 2.24) is 4.98 Å². The van der Waals surface area contributed by atoms with Crippen LogP contribution < -0.4 is 11.5 Å². The van der Waals surface area contributed by atoms with Crippen LogP contribution >= 0.6 is 0 Å². The van der Waals surface area contributed by atoms with Crippen molar-refractivity contribution < 1.29 is 13.2 Å². The molecule has 1 rings (SSSR count). The quantitative estimate of drug-likeness (QED) is 0.738. The first kappa shape index (κ1) is 9.79. The number of alkyl halides is 2. The second kappa shape index (κ2) is 3.61. The first-order valence-corrected chi connectivity index (χ1v) is 3.49. The fourth-order valence-electron chi connectivity index (χ4n) is 0.887. The van der Waals surface area contributed by atoms with Gasteiger partial charge >= 0.3 is 0 Å². The number of rotatable bonds is 2. The lowest BCUT2D eigenvalue weighted by atomic mass is 10.2. The highest BCUT2D eigenvalue weighted by Crippen LogP contribution is 2.21. The number of anilines is 1. The number of halogens is 3. The molecule has 0 radical (unpaired) electrons. The normalized spacial score (nSPS) is 10.8. The van der Waals surface area contributed by atoms with Crippen molar-refractivity contribution in [3.63, 3.8) is 0 Å². The van der Waals surface area contributed by atoms with Crippen molar-refractivity contribution in [3.8, 4) is 0 Å². The number of hydrogen-bond donors (Lipinski definition) is 2. The summed E-state index contributed by atoms with van der Waals surface area (Å²) in [7, 11) is 0. The van der Waals surface area contributed by atoms with Gasteiger partial charge in [-0.25, -0.2) is 18.2 Å². The summed E-state index contributed by atoms with van der Waals surface area (Å²) in [6.07, 6.45) is -2.77. The molecule has 0 saturated heterocycles. The molecule has 4 N–H and O–H groups in total. The summed E-state index contributed by atoms with van der Waals surface area (Å²) in [6.45, 7) is -0.182. The molecule has 6 heteroatoms. The van der Waals surface area contributed by atoms with Gasteiger partial charge in [-0.15, -0.1) is 0 Å². The monoisotopic (exact) mass is 191 g/mol. The molecule has 0 bridgehead atoms. The van der Waals surface area contributed by atoms with E-state index >= 15 is 0 Å². The van der Waals surface area contributed by atoms with Crippen LogP contribution in [0, 0.1) is 5.82 Å². The maximum absolute atomic E-state index is 12.9. The van der Waals surface area contributed by atoms with E-state index < -0.39 is 23.8 Å². The van der Waals surface area contributed by atoms with E-state index in [0.717, 1.165) is 6.07 Å². The van der Waals surface area contributed by atoms with Gasteiger partial charge in [0.05, 0.1) is 0 Å². The minimum Gasteiger partial charge on any atom is -0.381 e. The van der Waals surface area contributed by atoms with E-state index in [1.54, 1.807) is 0 Å². The van der Waals surface area contributed by atoms with Gasteiger partial charge in [0.15, 0.2) is 11.6 Å². The first-order valence-electron chi connectivity index (χ1n) is 3.49. The molecule has 0 aliphatic heterocycles. The van der Waals surface area contributed by atoms with Crippen LogP contribution in [0.3, 0.4) is 0 Å². The summed E-state index contributed by atoms with van der Waals surface area (Å²) in [5.74, 6) is -1.37. The van der Waals surface area contributed by atoms with Crippen LogP contribution in [0.15, 0.2) is 6.07 Å². The Morgan fingerprint density at radius 3 is 2.54 bits per heavy atom. The Morgan fingerprint density at radius 2 is 2.08 bits per heavy atom. The van der Waals surface area contributed by atoms with Crippen LogP contribution in [0.25, 0.3) is 0 Å². The Bertz CT molecular complexity index is 314. The summed E-state index contributed by atoms with van der Waals surface area (Å²) >= 11 is 0. The van der Waals surface area contributed by atoms with Crippen LogP contribution in [0.2, 0.25) is 0 Å². The number of nitrogens with two attached hydrogens (primary N) is 2. The van der Waals surface area contributed by atoms with Gasteiger partial charge < -0.3 is 11.5 Å². The minimum absolute atomic E-state index is 0.0530. The van der Waals surface area contributed by atoms with E-state index in [1.807, 2.05) is 0 Å². The molecule has 0 aliphatic carbocycles. The van der Waals surface area contributed by atoms with Gasteiger partial charge in [0.25, 0.3) is 6.43 Å². The summed E-state index contributed by atoms with van der Waals surface area (Å²) in [5, 5.41) is 0. The summed E-state index contributed by atoms with van der Waals surface area (Å²) in [4.78, 5) is 3.18. The number of nitrogen functional groups attached to an aromatic ring is 1. The molecule has 0 amide bonds. The molecule has 0 atom stereocenters. The number of nitrogens with zero attached hydrogens (tertiary/aromatic N) is 1. The van der Waals surface area contributed by atoms with Crippen LogP contribution in [-0.4, -0.2) is 4.98 Å². The topological polar surface area (TPSA) is 64.9 Å². The van der Waals surface area contributed by atoms with Crippen molar-refractivity contribution in [2.24, 2.45) is 5.73 Å². The van der Waals surface area contributed by atoms with Gasteiger partial charge in [0.2, 0.25) is 0 Å². The Morgan fingerprint density at radius 1 is 1.46 bits per heavy atom. The average Bonchev–Trinajstić information content (AvgIpc) is 2.09. The van der Waals surface area contributed by atoms with Gasteiger partial charge in [0, 0.05) is 12.1 Å². The summed E-state index contributed by atoms with van der Waals surface area (Å²) in [6, 6.07) is 0.913. The molecular weight excluding hydrogens is 183 g/mol. The summed E-state index contributed by atoms with van der Waals surface area (Å²) < 4.78 is 37.2. The van der Waals surface area contributed by atoms with E-state index in [1.165, 1.54) is 0 Å². The molecule has 13 heavy (non-hydrogen) atoms. The van der Waals surface area contributed by atoms with Gasteiger partial charge in [-0.1, -0.05) is 0 Å². The van der Waals surface area contributed by atoms with Gasteiger partial charge in [-0.3, -0.25) is 0 Å². The van der Waals surface area contributed by atoms with Crippen molar-refractivity contribution in [2.45, 2.75) is 13.0 Å². The third-order valence-electron chi connectivity index (χ3n) is 1.52. The fraction of sp³-hybridized carbons (Fsp3) is 0.286. The van der Waals surface area contributed by atoms with Gasteiger partial charge in [-0.05, 0) is 6.07 Å². The lowest BCUT2D eigenvalue weighted by Gasteiger charge is -2.05. The molecule has 0 fully saturated rings. The van der Waals surface area contributed by atoms with Crippen LogP contribution in [0.5, 0.6) is 0 Å². The van der Waals surface area contributed by atoms with Gasteiger partial charge in [0.1, 0.15) is 5.69 Å². The second-order valence-electron chi connectivity index (χ2n) is 2.41. The molecule has 0 saturated carbocycles. The average molecular weight is 191 g/mol. The Balaban J connectivity index is 3.22. The molecule has 0 aliphatic rings. The second-order valence-corrected chi connectivity index (χ2v) is 2.41. The zero-order valence-corrected chi connectivity index (χ0v) is 6.60. The SMILES string of the molecule is NCc1cc(C(F)F)nc(N)c1F. The zero-order chi connectivity index (χ0) is 10.0. The van der Waals surface area contributed by atoms with E-state index in [0.29, 0.717) is 0 Å². The van der Waals surface area contributed by atoms with E-state index in [2.05, 4.69) is 4.98 Å². The largest absolute Gasteiger partial charge is 0.381 e. The third-order valence-corrected chi connectivity index (χ3v) is 1.52. The molecule has 0 aromatic carbocycles. The van der Waals surface area contributed by atoms with Crippen LogP contribution in [-0.2, 0) is 6.54 Å².